The first-order valence-electron chi connectivity index (χ1n) is 7.75. The van der Waals surface area contributed by atoms with Gasteiger partial charge in [0.2, 0.25) is 5.91 Å². The van der Waals surface area contributed by atoms with E-state index in [0.29, 0.717) is 6.54 Å². The molecule has 0 radical (unpaired) electrons. The van der Waals surface area contributed by atoms with Gasteiger partial charge in [-0.15, -0.1) is 0 Å². The van der Waals surface area contributed by atoms with Crippen molar-refractivity contribution in [1.82, 2.24) is 25.2 Å². The predicted molar refractivity (Wildman–Crippen MR) is 89.2 cm³/mol. The Hall–Kier alpha value is -2.64. The number of hydrogen-bond donors (Lipinski definition) is 2. The second-order valence-electron chi connectivity index (χ2n) is 6.41. The maximum Gasteiger partial charge on any atom is 0.407 e. The standard InChI is InChI=1S/C16H23N5O3/c1-16(2,3)24-15(23)18-8-6-14(22)19-10-13-20-11-5-7-17-9-12(11)21(13)4/h5,7,9H,6,8,10H2,1-4H3,(H,18,23)(H,19,22). The van der Waals surface area contributed by atoms with Crippen molar-refractivity contribution in [1.29, 1.82) is 0 Å². The van der Waals surface area contributed by atoms with Gasteiger partial charge >= 0.3 is 6.09 Å². The van der Waals surface area contributed by atoms with E-state index in [-0.39, 0.29) is 18.9 Å². The average molecular weight is 333 g/mol. The summed E-state index contributed by atoms with van der Waals surface area (Å²) in [6.45, 7) is 5.88. The number of nitrogens with one attached hydrogen (secondary N) is 2. The number of hydrogen-bond acceptors (Lipinski definition) is 5. The van der Waals surface area contributed by atoms with Crippen molar-refractivity contribution in [2.45, 2.75) is 39.3 Å². The van der Waals surface area contributed by atoms with Crippen LogP contribution in [-0.4, -0.2) is 38.7 Å². The van der Waals surface area contributed by atoms with Gasteiger partial charge in [-0.3, -0.25) is 9.78 Å². The Bertz CT molecular complexity index is 733. The van der Waals surface area contributed by atoms with Crippen molar-refractivity contribution in [2.75, 3.05) is 6.54 Å². The van der Waals surface area contributed by atoms with Gasteiger partial charge < -0.3 is 19.9 Å². The summed E-state index contributed by atoms with van der Waals surface area (Å²) >= 11 is 0. The molecule has 0 fully saturated rings. The Kier molecular flexibility index (Phi) is 5.38. The van der Waals surface area contributed by atoms with Crippen LogP contribution < -0.4 is 10.6 Å². The van der Waals surface area contributed by atoms with E-state index >= 15 is 0 Å². The van der Waals surface area contributed by atoms with Gasteiger partial charge in [0.05, 0.1) is 23.8 Å². The molecule has 2 rings (SSSR count). The number of nitrogens with zero attached hydrogens (tertiary/aromatic N) is 3. The Morgan fingerprint density at radius 3 is 2.71 bits per heavy atom. The third-order valence-electron chi connectivity index (χ3n) is 3.24. The molecule has 24 heavy (non-hydrogen) atoms. The van der Waals surface area contributed by atoms with Crippen LogP contribution >= 0.6 is 0 Å². The fourth-order valence-corrected chi connectivity index (χ4v) is 2.10. The molecule has 0 aromatic carbocycles. The minimum atomic E-state index is -0.554. The normalized spacial score (nSPS) is 11.3. The lowest BCUT2D eigenvalue weighted by Gasteiger charge is -2.19. The number of pyridine rings is 1. The van der Waals surface area contributed by atoms with E-state index in [0.717, 1.165) is 16.9 Å². The highest BCUT2D eigenvalue weighted by molar-refractivity contribution is 5.77. The summed E-state index contributed by atoms with van der Waals surface area (Å²) in [6.07, 6.45) is 3.06. The number of ether oxygens (including phenoxy) is 1. The number of amides is 2. The van der Waals surface area contributed by atoms with Crippen LogP contribution in [0.3, 0.4) is 0 Å². The Labute approximate surface area is 140 Å². The summed E-state index contributed by atoms with van der Waals surface area (Å²) in [7, 11) is 1.88. The molecule has 2 amide bonds. The summed E-state index contributed by atoms with van der Waals surface area (Å²) in [5, 5.41) is 5.34. The van der Waals surface area contributed by atoms with E-state index in [1.807, 2.05) is 17.7 Å². The van der Waals surface area contributed by atoms with Gasteiger partial charge in [0.15, 0.2) is 0 Å². The summed E-state index contributed by atoms with van der Waals surface area (Å²) in [4.78, 5) is 31.9. The van der Waals surface area contributed by atoms with E-state index in [1.54, 1.807) is 33.2 Å². The number of imidazole rings is 1. The minimum absolute atomic E-state index is 0.170. The van der Waals surface area contributed by atoms with Crippen molar-refractivity contribution in [3.05, 3.63) is 24.3 Å². The second-order valence-corrected chi connectivity index (χ2v) is 6.41. The van der Waals surface area contributed by atoms with E-state index in [4.69, 9.17) is 4.74 Å². The zero-order valence-electron chi connectivity index (χ0n) is 14.4. The number of aryl methyl sites for hydroxylation is 1. The van der Waals surface area contributed by atoms with Gasteiger partial charge in [-0.05, 0) is 26.8 Å². The third kappa shape index (κ3) is 4.94. The Balaban J connectivity index is 1.77. The monoisotopic (exact) mass is 333 g/mol. The van der Waals surface area contributed by atoms with E-state index in [1.165, 1.54) is 0 Å². The molecule has 0 bridgehead atoms. The molecule has 0 aliphatic rings. The third-order valence-corrected chi connectivity index (χ3v) is 3.24. The van der Waals surface area contributed by atoms with Gasteiger partial charge in [0.25, 0.3) is 0 Å². The lowest BCUT2D eigenvalue weighted by Crippen LogP contribution is -2.35. The topological polar surface area (TPSA) is 98.1 Å². The smallest absolute Gasteiger partial charge is 0.407 e. The Morgan fingerprint density at radius 2 is 2.04 bits per heavy atom. The lowest BCUT2D eigenvalue weighted by atomic mass is 10.2. The molecule has 2 aromatic rings. The van der Waals surface area contributed by atoms with Crippen LogP contribution in [0.4, 0.5) is 4.79 Å². The molecule has 0 spiro atoms. The molecule has 2 N–H and O–H groups in total. The number of alkyl carbamates (subject to hydrolysis) is 1. The van der Waals surface area contributed by atoms with E-state index < -0.39 is 11.7 Å². The molecule has 0 atom stereocenters. The van der Waals surface area contributed by atoms with Crippen LogP contribution in [-0.2, 0) is 23.1 Å². The van der Waals surface area contributed by atoms with Crippen molar-refractivity contribution in [2.24, 2.45) is 7.05 Å². The molecular weight excluding hydrogens is 310 g/mol. The summed E-state index contributed by atoms with van der Waals surface area (Å²) in [6, 6.07) is 1.82. The van der Waals surface area contributed by atoms with Gasteiger partial charge in [0.1, 0.15) is 11.4 Å². The van der Waals surface area contributed by atoms with Gasteiger partial charge in [-0.1, -0.05) is 0 Å². The summed E-state index contributed by atoms with van der Waals surface area (Å²) < 4.78 is 6.99. The fourth-order valence-electron chi connectivity index (χ4n) is 2.10. The first-order chi connectivity index (χ1) is 11.3. The van der Waals surface area contributed by atoms with E-state index in [9.17, 15) is 9.59 Å². The first kappa shape index (κ1) is 17.7. The number of fused-ring (bicyclic) bond motifs is 1. The van der Waals surface area contributed by atoms with Crippen molar-refractivity contribution in [3.8, 4) is 0 Å². The number of carbonyl (C=O) groups is 2. The molecule has 0 aliphatic heterocycles. The molecule has 8 nitrogen and oxygen atoms in total. The molecule has 130 valence electrons. The maximum absolute atomic E-state index is 11.9. The number of aromatic nitrogens is 3. The molecule has 0 saturated heterocycles. The first-order valence-corrected chi connectivity index (χ1v) is 7.75. The van der Waals surface area contributed by atoms with Gasteiger partial charge in [-0.25, -0.2) is 9.78 Å². The van der Waals surface area contributed by atoms with Crippen LogP contribution in [0.5, 0.6) is 0 Å². The van der Waals surface area contributed by atoms with E-state index in [2.05, 4.69) is 20.6 Å². The second kappa shape index (κ2) is 7.29. The largest absolute Gasteiger partial charge is 0.444 e. The number of rotatable bonds is 5. The van der Waals surface area contributed by atoms with Gasteiger partial charge in [0, 0.05) is 26.2 Å². The quantitative estimate of drug-likeness (QED) is 0.864. The van der Waals surface area contributed by atoms with Crippen LogP contribution in [0.2, 0.25) is 0 Å². The Morgan fingerprint density at radius 1 is 1.29 bits per heavy atom. The molecule has 0 aliphatic carbocycles. The van der Waals surface area contributed by atoms with Crippen molar-refractivity contribution < 1.29 is 14.3 Å². The zero-order chi connectivity index (χ0) is 17.7. The summed E-state index contributed by atoms with van der Waals surface area (Å²) in [5.41, 5.74) is 1.19. The zero-order valence-corrected chi connectivity index (χ0v) is 14.4. The minimum Gasteiger partial charge on any atom is -0.444 e. The fraction of sp³-hybridized carbons (Fsp3) is 0.500. The summed E-state index contributed by atoms with van der Waals surface area (Å²) in [5.74, 6) is 0.572. The molecule has 2 aromatic heterocycles. The SMILES string of the molecule is Cn1c(CNC(=O)CCNC(=O)OC(C)(C)C)nc2ccncc21. The van der Waals surface area contributed by atoms with Crippen LogP contribution in [0, 0.1) is 0 Å². The maximum atomic E-state index is 11.9. The van der Waals surface area contributed by atoms with Gasteiger partial charge in [-0.2, -0.15) is 0 Å². The molecule has 2 heterocycles. The number of carbonyl (C=O) groups excluding carboxylic acids is 2. The molecular formula is C16H23N5O3. The van der Waals surface area contributed by atoms with Crippen LogP contribution in [0.15, 0.2) is 18.5 Å². The van der Waals surface area contributed by atoms with Crippen molar-refractivity contribution >= 4 is 23.0 Å². The predicted octanol–water partition coefficient (Wildman–Crippen LogP) is 1.50. The average Bonchev–Trinajstić information content (AvgIpc) is 2.80. The molecule has 0 saturated carbocycles. The van der Waals surface area contributed by atoms with Crippen LogP contribution in [0.1, 0.15) is 33.0 Å². The molecule has 0 unspecified atom stereocenters. The van der Waals surface area contributed by atoms with Crippen molar-refractivity contribution in [3.63, 3.8) is 0 Å². The van der Waals surface area contributed by atoms with Crippen LogP contribution in [0.25, 0.3) is 11.0 Å². The highest BCUT2D eigenvalue weighted by Crippen LogP contribution is 2.12. The highest BCUT2D eigenvalue weighted by atomic mass is 16.6. The lowest BCUT2D eigenvalue weighted by molar-refractivity contribution is -0.121. The molecule has 8 heteroatoms. The highest BCUT2D eigenvalue weighted by Gasteiger charge is 2.16.